The number of carbonyl (C=O) groups is 1. The van der Waals surface area contributed by atoms with Crippen molar-refractivity contribution in [3.05, 3.63) is 29.1 Å². The van der Waals surface area contributed by atoms with Crippen molar-refractivity contribution in [2.24, 2.45) is 5.41 Å². The maximum Gasteiger partial charge on any atom is 0.335 e. The van der Waals surface area contributed by atoms with Gasteiger partial charge in [0.2, 0.25) is 0 Å². The van der Waals surface area contributed by atoms with E-state index in [1.807, 2.05) is 17.6 Å². The van der Waals surface area contributed by atoms with Crippen LogP contribution >= 0.6 is 0 Å². The molecule has 2 aliphatic rings. The lowest BCUT2D eigenvalue weighted by Crippen LogP contribution is -2.15. The predicted molar refractivity (Wildman–Crippen MR) is 94.9 cm³/mol. The lowest BCUT2D eigenvalue weighted by molar-refractivity contribution is 0.0697. The normalized spacial score (nSPS) is 20.1. The van der Waals surface area contributed by atoms with Crippen molar-refractivity contribution >= 4 is 17.0 Å². The van der Waals surface area contributed by atoms with Crippen molar-refractivity contribution in [1.29, 1.82) is 0 Å². The summed E-state index contributed by atoms with van der Waals surface area (Å²) in [7, 11) is 0. The molecule has 0 amide bonds. The number of nitrogens with zero attached hydrogens (tertiary/aromatic N) is 2. The molecule has 5 heteroatoms. The monoisotopic (exact) mass is 344 g/mol. The summed E-state index contributed by atoms with van der Waals surface area (Å²) < 4.78 is 15.4. The van der Waals surface area contributed by atoms with Gasteiger partial charge in [0.05, 0.1) is 23.3 Å². The molecule has 2 aliphatic carbocycles. The predicted octanol–water partition coefficient (Wildman–Crippen LogP) is 4.84. The molecule has 0 atom stereocenters. The van der Waals surface area contributed by atoms with Gasteiger partial charge in [0.25, 0.3) is 0 Å². The molecule has 0 unspecified atom stereocenters. The van der Waals surface area contributed by atoms with Gasteiger partial charge in [-0.2, -0.15) is 0 Å². The number of aromatic nitrogens is 2. The summed E-state index contributed by atoms with van der Waals surface area (Å²) in [5.74, 6) is 0.333. The van der Waals surface area contributed by atoms with Gasteiger partial charge in [-0.25, -0.2) is 9.78 Å². The van der Waals surface area contributed by atoms with E-state index in [1.165, 1.54) is 19.3 Å². The lowest BCUT2D eigenvalue weighted by atomic mass is 9.83. The minimum atomic E-state index is -0.906. The van der Waals surface area contributed by atoms with E-state index in [4.69, 9.17) is 4.98 Å². The summed E-state index contributed by atoms with van der Waals surface area (Å²) in [6.07, 6.45) is 7.62. The van der Waals surface area contributed by atoms with Gasteiger partial charge in [-0.1, -0.05) is 19.3 Å². The summed E-state index contributed by atoms with van der Waals surface area (Å²) in [5, 5.41) is 9.57. The SMILES string of the molecule is Cc1nc2c(C3CCCCC3)cc(C(=O)O)cc2n1CC1(CF)CC1. The minimum Gasteiger partial charge on any atom is -0.478 e. The number of carboxylic acid groups (broad SMARTS) is 1. The van der Waals surface area contributed by atoms with E-state index in [2.05, 4.69) is 0 Å². The smallest absolute Gasteiger partial charge is 0.335 e. The van der Waals surface area contributed by atoms with Crippen LogP contribution in [0.25, 0.3) is 11.0 Å². The van der Waals surface area contributed by atoms with Crippen LogP contribution in [-0.2, 0) is 6.54 Å². The van der Waals surface area contributed by atoms with Crippen LogP contribution in [0.4, 0.5) is 4.39 Å². The number of hydrogen-bond donors (Lipinski definition) is 1. The molecular formula is C20H25FN2O2. The standard InChI is InChI=1S/C20H25FN2O2/c1-13-22-18-16(14-5-3-2-4-6-14)9-15(19(24)25)10-17(18)23(13)12-20(11-21)7-8-20/h9-10,14H,2-8,11-12H2,1H3,(H,24,25). The second kappa shape index (κ2) is 6.11. The van der Waals surface area contributed by atoms with Gasteiger partial charge in [0, 0.05) is 12.0 Å². The van der Waals surface area contributed by atoms with Crippen molar-refractivity contribution in [2.45, 2.75) is 64.3 Å². The Kier molecular flexibility index (Phi) is 4.05. The Morgan fingerprint density at radius 2 is 2.04 bits per heavy atom. The number of alkyl halides is 1. The molecule has 4 nitrogen and oxygen atoms in total. The molecule has 0 spiro atoms. The van der Waals surface area contributed by atoms with Crippen LogP contribution in [0.2, 0.25) is 0 Å². The third-order valence-electron chi connectivity index (χ3n) is 6.10. The summed E-state index contributed by atoms with van der Waals surface area (Å²) in [6.45, 7) is 2.22. The van der Waals surface area contributed by atoms with Crippen molar-refractivity contribution in [2.75, 3.05) is 6.67 Å². The quantitative estimate of drug-likeness (QED) is 0.844. The Bertz CT molecular complexity index is 817. The molecule has 4 rings (SSSR count). The first-order valence-corrected chi connectivity index (χ1v) is 9.33. The highest BCUT2D eigenvalue weighted by Gasteiger charge is 2.43. The number of aromatic carboxylic acids is 1. The molecule has 1 heterocycles. The fourth-order valence-electron chi connectivity index (χ4n) is 4.26. The lowest BCUT2D eigenvalue weighted by Gasteiger charge is -2.23. The van der Waals surface area contributed by atoms with E-state index >= 15 is 0 Å². The molecule has 1 aromatic carbocycles. The topological polar surface area (TPSA) is 55.1 Å². The number of benzene rings is 1. The van der Waals surface area contributed by atoms with Crippen molar-refractivity contribution < 1.29 is 14.3 Å². The molecule has 1 aromatic heterocycles. The number of aryl methyl sites for hydroxylation is 1. The molecule has 0 radical (unpaired) electrons. The van der Waals surface area contributed by atoms with E-state index in [9.17, 15) is 14.3 Å². The number of carboxylic acids is 1. The van der Waals surface area contributed by atoms with E-state index < -0.39 is 5.97 Å². The van der Waals surface area contributed by atoms with Crippen LogP contribution in [-0.4, -0.2) is 27.3 Å². The number of hydrogen-bond acceptors (Lipinski definition) is 2. The van der Waals surface area contributed by atoms with Gasteiger partial charge in [-0.15, -0.1) is 0 Å². The number of imidazole rings is 1. The third-order valence-corrected chi connectivity index (χ3v) is 6.10. The summed E-state index contributed by atoms with van der Waals surface area (Å²) in [5.41, 5.74) is 2.91. The van der Waals surface area contributed by atoms with Crippen LogP contribution in [0.3, 0.4) is 0 Å². The summed E-state index contributed by atoms with van der Waals surface area (Å²) in [6, 6.07) is 3.54. The molecular weight excluding hydrogens is 319 g/mol. The summed E-state index contributed by atoms with van der Waals surface area (Å²) in [4.78, 5) is 16.4. The second-order valence-corrected chi connectivity index (χ2v) is 7.95. The number of halogens is 1. The zero-order chi connectivity index (χ0) is 17.6. The first-order valence-electron chi connectivity index (χ1n) is 9.33. The largest absolute Gasteiger partial charge is 0.478 e. The molecule has 134 valence electrons. The average Bonchev–Trinajstić information content (AvgIpc) is 3.33. The van der Waals surface area contributed by atoms with Gasteiger partial charge in [-0.3, -0.25) is 4.39 Å². The third kappa shape index (κ3) is 2.94. The van der Waals surface area contributed by atoms with Gasteiger partial charge in [0.1, 0.15) is 5.82 Å². The van der Waals surface area contributed by atoms with Crippen molar-refractivity contribution in [1.82, 2.24) is 9.55 Å². The van der Waals surface area contributed by atoms with Crippen LogP contribution in [0, 0.1) is 12.3 Å². The molecule has 2 saturated carbocycles. The first kappa shape index (κ1) is 16.6. The number of rotatable bonds is 5. The number of fused-ring (bicyclic) bond motifs is 1. The summed E-state index contributed by atoms with van der Waals surface area (Å²) >= 11 is 0. The van der Waals surface area contributed by atoms with Gasteiger partial charge < -0.3 is 9.67 Å². The van der Waals surface area contributed by atoms with Gasteiger partial charge >= 0.3 is 5.97 Å². The molecule has 2 aromatic rings. The molecule has 25 heavy (non-hydrogen) atoms. The molecule has 0 saturated heterocycles. The van der Waals surface area contributed by atoms with E-state index in [1.54, 1.807) is 6.07 Å². The maximum absolute atomic E-state index is 13.4. The van der Waals surface area contributed by atoms with Crippen LogP contribution < -0.4 is 0 Å². The second-order valence-electron chi connectivity index (χ2n) is 7.95. The van der Waals surface area contributed by atoms with Crippen LogP contribution in [0.1, 0.15) is 72.6 Å². The van der Waals surface area contributed by atoms with E-state index in [0.717, 1.165) is 48.1 Å². The van der Waals surface area contributed by atoms with Crippen LogP contribution in [0.15, 0.2) is 12.1 Å². The maximum atomic E-state index is 13.4. The molecule has 0 bridgehead atoms. The fraction of sp³-hybridized carbons (Fsp3) is 0.600. The molecule has 0 aliphatic heterocycles. The van der Waals surface area contributed by atoms with Crippen molar-refractivity contribution in [3.63, 3.8) is 0 Å². The van der Waals surface area contributed by atoms with E-state index in [0.29, 0.717) is 18.0 Å². The zero-order valence-electron chi connectivity index (χ0n) is 14.7. The van der Waals surface area contributed by atoms with Gasteiger partial charge in [0.15, 0.2) is 0 Å². The highest BCUT2D eigenvalue weighted by Crippen LogP contribution is 2.48. The Morgan fingerprint density at radius 3 is 2.64 bits per heavy atom. The highest BCUT2D eigenvalue weighted by atomic mass is 19.1. The Balaban J connectivity index is 1.85. The average molecular weight is 344 g/mol. The first-order chi connectivity index (χ1) is 12.0. The molecule has 1 N–H and O–H groups in total. The van der Waals surface area contributed by atoms with Crippen molar-refractivity contribution in [3.8, 4) is 0 Å². The van der Waals surface area contributed by atoms with Crippen LogP contribution in [0.5, 0.6) is 0 Å². The zero-order valence-corrected chi connectivity index (χ0v) is 14.7. The Morgan fingerprint density at radius 1 is 1.32 bits per heavy atom. The van der Waals surface area contributed by atoms with E-state index in [-0.39, 0.29) is 12.1 Å². The minimum absolute atomic E-state index is 0.261. The van der Waals surface area contributed by atoms with Gasteiger partial charge in [-0.05, 0) is 56.2 Å². The highest BCUT2D eigenvalue weighted by molar-refractivity contribution is 5.94. The molecule has 2 fully saturated rings. The Hall–Kier alpha value is -1.91. The fourth-order valence-corrected chi connectivity index (χ4v) is 4.26. The Labute approximate surface area is 147 Å².